The van der Waals surface area contributed by atoms with Crippen molar-refractivity contribution in [1.29, 1.82) is 0 Å². The molecule has 2 heterocycles. The van der Waals surface area contributed by atoms with Gasteiger partial charge in [-0.2, -0.15) is 0 Å². The highest BCUT2D eigenvalue weighted by Gasteiger charge is 2.49. The lowest BCUT2D eigenvalue weighted by Gasteiger charge is -2.45. The lowest BCUT2D eigenvalue weighted by molar-refractivity contribution is 0.354. The second-order valence-corrected chi connectivity index (χ2v) is 12.4. The van der Waals surface area contributed by atoms with Gasteiger partial charge in [0, 0.05) is 18.0 Å². The van der Waals surface area contributed by atoms with Gasteiger partial charge in [-0.05, 0) is 86.4 Å². The number of hydrogen-bond donors (Lipinski definition) is 0. The fraction of sp³-hybridized carbons (Fsp3) is 0.233. The number of sulfone groups is 1. The molecule has 2 aliphatic carbocycles. The van der Waals surface area contributed by atoms with Crippen LogP contribution in [-0.2, 0) is 16.3 Å². The second-order valence-electron chi connectivity index (χ2n) is 10.2. The predicted octanol–water partition coefficient (Wildman–Crippen LogP) is 5.78. The van der Waals surface area contributed by atoms with Crippen molar-refractivity contribution in [2.75, 3.05) is 0 Å². The van der Waals surface area contributed by atoms with Crippen molar-refractivity contribution in [2.24, 2.45) is 5.41 Å². The Labute approximate surface area is 221 Å². The van der Waals surface area contributed by atoms with Crippen LogP contribution < -0.4 is 0 Å². The Morgan fingerprint density at radius 1 is 1.08 bits per heavy atom. The van der Waals surface area contributed by atoms with E-state index in [-0.39, 0.29) is 5.82 Å². The van der Waals surface area contributed by atoms with Crippen LogP contribution in [0.25, 0.3) is 17.3 Å². The molecule has 192 valence electrons. The highest BCUT2D eigenvalue weighted by Crippen LogP contribution is 2.55. The summed E-state index contributed by atoms with van der Waals surface area (Å²) in [5, 5.41) is 8.29. The summed E-state index contributed by atoms with van der Waals surface area (Å²) in [6, 6.07) is 18.9. The number of aromatic nitrogens is 4. The van der Waals surface area contributed by atoms with E-state index in [9.17, 15) is 12.8 Å². The highest BCUT2D eigenvalue weighted by atomic mass is 32.2. The molecule has 4 aromatic rings. The average molecular weight is 527 g/mol. The summed E-state index contributed by atoms with van der Waals surface area (Å²) in [6.07, 6.45) is 5.74. The van der Waals surface area contributed by atoms with Gasteiger partial charge in [-0.3, -0.25) is 4.98 Å². The summed E-state index contributed by atoms with van der Waals surface area (Å²) in [4.78, 5) is 4.90. The summed E-state index contributed by atoms with van der Waals surface area (Å²) in [7, 11) is -3.57. The molecule has 0 spiro atoms. The van der Waals surface area contributed by atoms with Gasteiger partial charge >= 0.3 is 0 Å². The van der Waals surface area contributed by atoms with E-state index in [0.717, 1.165) is 33.8 Å². The first-order valence-corrected chi connectivity index (χ1v) is 14.2. The molecule has 2 aliphatic rings. The molecule has 38 heavy (non-hydrogen) atoms. The normalized spacial score (nSPS) is 20.8. The molecule has 2 atom stereocenters. The van der Waals surface area contributed by atoms with Crippen molar-refractivity contribution in [3.63, 3.8) is 0 Å². The van der Waals surface area contributed by atoms with E-state index >= 15 is 0 Å². The number of benzene rings is 2. The first-order valence-electron chi connectivity index (χ1n) is 12.6. The smallest absolute Gasteiger partial charge is 0.181 e. The fourth-order valence-electron chi connectivity index (χ4n) is 5.78. The van der Waals surface area contributed by atoms with Crippen LogP contribution in [-0.4, -0.2) is 33.6 Å². The number of aryl methyl sites for hydroxylation is 1. The van der Waals surface area contributed by atoms with Crippen LogP contribution in [0.4, 0.5) is 4.39 Å². The van der Waals surface area contributed by atoms with E-state index in [2.05, 4.69) is 28.0 Å². The third kappa shape index (κ3) is 4.00. The largest absolute Gasteiger partial charge is 0.257 e. The summed E-state index contributed by atoms with van der Waals surface area (Å²) in [5.41, 5.74) is 5.27. The molecule has 1 fully saturated rings. The topological polar surface area (TPSA) is 77.7 Å². The maximum absolute atomic E-state index is 13.8. The lowest BCUT2D eigenvalue weighted by Crippen LogP contribution is -2.41. The van der Waals surface area contributed by atoms with Crippen LogP contribution in [0.15, 0.2) is 90.0 Å². The standard InChI is InChI=1S/C30H27FN4O2S/c1-20-6-13-25(14-7-20)38(36,37)26-15-8-22-17-29-28(33-34-35(29)24-11-9-23(31)10-12-24)19-30(22,18-26)21(2)27-5-3-4-16-32-27/h3-7,9-14,16-17,26H,2,8,15,18-19H2,1H3/t26-,30-/m0/s1. The van der Waals surface area contributed by atoms with Gasteiger partial charge in [-0.25, -0.2) is 17.5 Å². The van der Waals surface area contributed by atoms with Gasteiger partial charge in [0.2, 0.25) is 0 Å². The third-order valence-electron chi connectivity index (χ3n) is 7.90. The van der Waals surface area contributed by atoms with Crippen molar-refractivity contribution >= 4 is 21.5 Å². The van der Waals surface area contributed by atoms with Crippen molar-refractivity contribution in [2.45, 2.75) is 42.8 Å². The van der Waals surface area contributed by atoms with E-state index < -0.39 is 20.5 Å². The SMILES string of the molecule is C=C(c1ccccn1)[C@]12Cc3nnn(-c4ccc(F)cc4)c3C=C1CC[C@H](S(=O)(=O)c1ccc(C)cc1)C2. The maximum Gasteiger partial charge on any atom is 0.181 e. The first-order chi connectivity index (χ1) is 18.3. The summed E-state index contributed by atoms with van der Waals surface area (Å²) < 4.78 is 42.9. The van der Waals surface area contributed by atoms with Gasteiger partial charge in [0.1, 0.15) is 5.82 Å². The number of halogens is 1. The van der Waals surface area contributed by atoms with E-state index in [1.807, 2.05) is 37.3 Å². The number of allylic oxidation sites excluding steroid dienone is 2. The summed E-state index contributed by atoms with van der Waals surface area (Å²) in [6.45, 7) is 6.42. The van der Waals surface area contributed by atoms with E-state index in [1.165, 1.54) is 12.1 Å². The molecule has 0 bridgehead atoms. The van der Waals surface area contributed by atoms with Crippen molar-refractivity contribution < 1.29 is 12.8 Å². The van der Waals surface area contributed by atoms with Crippen LogP contribution in [0.5, 0.6) is 0 Å². The molecule has 8 heteroatoms. The molecular weight excluding hydrogens is 499 g/mol. The highest BCUT2D eigenvalue weighted by molar-refractivity contribution is 7.92. The van der Waals surface area contributed by atoms with Crippen molar-refractivity contribution in [3.8, 4) is 5.69 Å². The van der Waals surface area contributed by atoms with Crippen LogP contribution in [0, 0.1) is 18.2 Å². The molecule has 0 aliphatic heterocycles. The average Bonchev–Trinajstić information content (AvgIpc) is 3.34. The second kappa shape index (κ2) is 9.13. The van der Waals surface area contributed by atoms with Crippen LogP contribution in [0.1, 0.15) is 41.9 Å². The molecule has 0 saturated heterocycles. The Bertz CT molecular complexity index is 1660. The van der Waals surface area contributed by atoms with Gasteiger partial charge in [0.15, 0.2) is 9.84 Å². The summed E-state index contributed by atoms with van der Waals surface area (Å²) >= 11 is 0. The fourth-order valence-corrected chi connectivity index (χ4v) is 7.62. The molecular formula is C30H27FN4O2S. The zero-order chi connectivity index (χ0) is 26.5. The quantitative estimate of drug-likeness (QED) is 0.330. The van der Waals surface area contributed by atoms with Crippen LogP contribution in [0.2, 0.25) is 0 Å². The minimum absolute atomic E-state index is 0.320. The molecule has 6 nitrogen and oxygen atoms in total. The zero-order valence-corrected chi connectivity index (χ0v) is 21.8. The minimum Gasteiger partial charge on any atom is -0.257 e. The lowest BCUT2D eigenvalue weighted by atomic mass is 9.60. The first kappa shape index (κ1) is 24.4. The van der Waals surface area contributed by atoms with Crippen molar-refractivity contribution in [1.82, 2.24) is 20.0 Å². The minimum atomic E-state index is -3.57. The van der Waals surface area contributed by atoms with Crippen LogP contribution >= 0.6 is 0 Å². The molecule has 0 amide bonds. The molecule has 0 N–H and O–H groups in total. The number of nitrogens with zero attached hydrogens (tertiary/aromatic N) is 4. The van der Waals surface area contributed by atoms with Crippen LogP contribution in [0.3, 0.4) is 0 Å². The number of hydrogen-bond acceptors (Lipinski definition) is 5. The van der Waals surface area contributed by atoms with E-state index in [1.54, 1.807) is 35.1 Å². The van der Waals surface area contributed by atoms with E-state index in [4.69, 9.17) is 0 Å². The molecule has 0 unspecified atom stereocenters. The van der Waals surface area contributed by atoms with Gasteiger partial charge < -0.3 is 0 Å². The Morgan fingerprint density at radius 2 is 1.84 bits per heavy atom. The Hall–Kier alpha value is -3.91. The number of pyridine rings is 1. The monoisotopic (exact) mass is 526 g/mol. The van der Waals surface area contributed by atoms with Gasteiger partial charge in [-0.1, -0.05) is 41.1 Å². The van der Waals surface area contributed by atoms with Gasteiger partial charge in [0.25, 0.3) is 0 Å². The van der Waals surface area contributed by atoms with Crippen molar-refractivity contribution in [3.05, 3.63) is 114 Å². The predicted molar refractivity (Wildman–Crippen MR) is 145 cm³/mol. The maximum atomic E-state index is 13.8. The third-order valence-corrected chi connectivity index (χ3v) is 10.1. The zero-order valence-electron chi connectivity index (χ0n) is 21.0. The Balaban J connectivity index is 1.45. The number of fused-ring (bicyclic) bond motifs is 2. The molecule has 2 aromatic carbocycles. The van der Waals surface area contributed by atoms with Gasteiger partial charge in [-0.15, -0.1) is 5.10 Å². The Morgan fingerprint density at radius 3 is 2.55 bits per heavy atom. The van der Waals surface area contributed by atoms with Gasteiger partial charge in [0.05, 0.1) is 32.9 Å². The molecule has 0 radical (unpaired) electrons. The molecule has 1 saturated carbocycles. The molecule has 6 rings (SSSR count). The molecule has 2 aromatic heterocycles. The number of rotatable bonds is 5. The summed E-state index contributed by atoms with van der Waals surface area (Å²) in [5.74, 6) is -0.320. The Kier molecular flexibility index (Phi) is 5.87. The van der Waals surface area contributed by atoms with E-state index in [0.29, 0.717) is 36.3 Å².